The highest BCUT2D eigenvalue weighted by Gasteiger charge is 2.34. The minimum Gasteiger partial charge on any atom is -0.359 e. The minimum absolute atomic E-state index is 0.110. The topological polar surface area (TPSA) is 72.4 Å². The summed E-state index contributed by atoms with van der Waals surface area (Å²) >= 11 is 6.01. The highest BCUT2D eigenvalue weighted by atomic mass is 35.5. The van der Waals surface area contributed by atoms with Crippen LogP contribution in [0.4, 0.5) is 0 Å². The van der Waals surface area contributed by atoms with E-state index in [9.17, 15) is 4.79 Å². The van der Waals surface area contributed by atoms with Crippen molar-refractivity contribution in [2.75, 3.05) is 6.54 Å². The van der Waals surface area contributed by atoms with Crippen LogP contribution in [0, 0.1) is 0 Å². The molecule has 0 bridgehead atoms. The Morgan fingerprint density at radius 3 is 2.92 bits per heavy atom. The number of halogens is 1. The Morgan fingerprint density at radius 1 is 1.27 bits per heavy atom. The summed E-state index contributed by atoms with van der Waals surface area (Å²) < 4.78 is 10.8. The number of likely N-dealkylation sites (tertiary alicyclic amines) is 1. The highest BCUT2D eigenvalue weighted by molar-refractivity contribution is 6.30. The Hall–Kier alpha value is -2.60. The maximum Gasteiger partial charge on any atom is 0.276 e. The van der Waals surface area contributed by atoms with Crippen LogP contribution >= 0.6 is 11.6 Å². The van der Waals surface area contributed by atoms with Crippen LogP contribution in [0.15, 0.2) is 45.4 Å². The van der Waals surface area contributed by atoms with Crippen LogP contribution in [-0.2, 0) is 6.42 Å². The van der Waals surface area contributed by atoms with Crippen LogP contribution < -0.4 is 0 Å². The van der Waals surface area contributed by atoms with Gasteiger partial charge in [-0.1, -0.05) is 41.0 Å². The molecular weight excluding hydrogens is 354 g/mol. The normalized spacial score (nSPS) is 17.0. The van der Waals surface area contributed by atoms with Crippen molar-refractivity contribution in [2.45, 2.75) is 32.2 Å². The van der Waals surface area contributed by atoms with Crippen molar-refractivity contribution in [3.05, 3.63) is 58.6 Å². The number of carbonyl (C=O) groups is 1. The third kappa shape index (κ3) is 3.12. The van der Waals surface area contributed by atoms with Crippen LogP contribution in [-0.4, -0.2) is 27.7 Å². The Labute approximate surface area is 155 Å². The zero-order valence-electron chi connectivity index (χ0n) is 14.3. The summed E-state index contributed by atoms with van der Waals surface area (Å²) in [6.07, 6.45) is 2.57. The molecule has 0 spiro atoms. The van der Waals surface area contributed by atoms with E-state index in [0.29, 0.717) is 17.3 Å². The molecular formula is C19H18ClN3O3. The summed E-state index contributed by atoms with van der Waals surface area (Å²) in [6.45, 7) is 2.68. The first-order valence-electron chi connectivity index (χ1n) is 8.65. The average Bonchev–Trinajstić information content (AvgIpc) is 3.40. The number of benzene rings is 1. The van der Waals surface area contributed by atoms with Gasteiger partial charge in [0.25, 0.3) is 5.91 Å². The number of rotatable bonds is 4. The van der Waals surface area contributed by atoms with Crippen molar-refractivity contribution in [1.82, 2.24) is 15.2 Å². The Morgan fingerprint density at radius 2 is 2.15 bits per heavy atom. The van der Waals surface area contributed by atoms with Gasteiger partial charge in [0.15, 0.2) is 17.2 Å². The number of hydrogen-bond acceptors (Lipinski definition) is 5. The van der Waals surface area contributed by atoms with Crippen LogP contribution in [0.5, 0.6) is 0 Å². The van der Waals surface area contributed by atoms with Gasteiger partial charge in [0, 0.05) is 29.3 Å². The van der Waals surface area contributed by atoms with Crippen LogP contribution in [0.1, 0.15) is 47.7 Å². The standard InChI is InChI=1S/C19H18ClN3O3/c1-2-14-10-18(26-21-14)16-7-4-8-23(16)19(24)15-11-17(25-22-15)12-5-3-6-13(20)9-12/h3,5-6,9-11,16H,2,4,7-8H2,1H3/t16-/m0/s1. The smallest absolute Gasteiger partial charge is 0.276 e. The Kier molecular flexibility index (Phi) is 4.51. The molecule has 1 atom stereocenters. The SMILES string of the molecule is CCc1cc([C@@H]2CCCN2C(=O)c2cc(-c3cccc(Cl)c3)on2)on1. The number of hydrogen-bond donors (Lipinski definition) is 0. The van der Waals surface area contributed by atoms with Gasteiger partial charge in [0.1, 0.15) is 0 Å². The van der Waals surface area contributed by atoms with E-state index in [1.165, 1.54) is 0 Å². The largest absolute Gasteiger partial charge is 0.359 e. The van der Waals surface area contributed by atoms with Crippen LogP contribution in [0.25, 0.3) is 11.3 Å². The predicted octanol–water partition coefficient (Wildman–Crippen LogP) is 4.52. The highest BCUT2D eigenvalue weighted by Crippen LogP contribution is 2.34. The first-order chi connectivity index (χ1) is 12.7. The molecule has 0 aliphatic carbocycles. The molecule has 1 aromatic carbocycles. The molecule has 7 heteroatoms. The van der Waals surface area contributed by atoms with Crippen molar-refractivity contribution in [3.63, 3.8) is 0 Å². The van der Waals surface area contributed by atoms with E-state index >= 15 is 0 Å². The molecule has 3 aromatic rings. The van der Waals surface area contributed by atoms with Crippen molar-refractivity contribution in [2.24, 2.45) is 0 Å². The molecule has 3 heterocycles. The second-order valence-corrected chi connectivity index (χ2v) is 6.75. The lowest BCUT2D eigenvalue weighted by molar-refractivity contribution is 0.0704. The van der Waals surface area contributed by atoms with E-state index in [1.807, 2.05) is 25.1 Å². The van der Waals surface area contributed by atoms with Gasteiger partial charge >= 0.3 is 0 Å². The summed E-state index contributed by atoms with van der Waals surface area (Å²) in [5, 5.41) is 8.60. The number of aryl methyl sites for hydroxylation is 1. The molecule has 1 aliphatic heterocycles. The second-order valence-electron chi connectivity index (χ2n) is 6.32. The molecule has 0 N–H and O–H groups in total. The quantitative estimate of drug-likeness (QED) is 0.674. The molecule has 134 valence electrons. The van der Waals surface area contributed by atoms with Gasteiger partial charge in [-0.2, -0.15) is 0 Å². The minimum atomic E-state index is -0.168. The maximum atomic E-state index is 12.9. The van der Waals surface area contributed by atoms with Gasteiger partial charge in [-0.3, -0.25) is 4.79 Å². The summed E-state index contributed by atoms with van der Waals surface area (Å²) in [4.78, 5) is 14.7. The molecule has 1 saturated heterocycles. The molecule has 1 aliphatic rings. The zero-order valence-corrected chi connectivity index (χ0v) is 15.1. The lowest BCUT2D eigenvalue weighted by Gasteiger charge is -2.21. The molecule has 0 radical (unpaired) electrons. The fraction of sp³-hybridized carbons (Fsp3) is 0.316. The first-order valence-corrected chi connectivity index (χ1v) is 9.02. The van der Waals surface area contributed by atoms with E-state index in [4.69, 9.17) is 20.6 Å². The lowest BCUT2D eigenvalue weighted by atomic mass is 10.1. The van der Waals surface area contributed by atoms with Gasteiger partial charge in [-0.25, -0.2) is 0 Å². The monoisotopic (exact) mass is 371 g/mol. The van der Waals surface area contributed by atoms with Crippen molar-refractivity contribution in [1.29, 1.82) is 0 Å². The molecule has 2 aromatic heterocycles. The maximum absolute atomic E-state index is 12.9. The molecule has 0 unspecified atom stereocenters. The molecule has 4 rings (SSSR count). The number of amides is 1. The van der Waals surface area contributed by atoms with Crippen molar-refractivity contribution < 1.29 is 13.8 Å². The summed E-state index contributed by atoms with van der Waals surface area (Å²) in [6, 6.07) is 10.7. The number of aromatic nitrogens is 2. The van der Waals surface area contributed by atoms with Gasteiger partial charge in [-0.15, -0.1) is 0 Å². The second kappa shape index (κ2) is 6.96. The zero-order chi connectivity index (χ0) is 18.1. The summed E-state index contributed by atoms with van der Waals surface area (Å²) in [5.74, 6) is 1.07. The summed E-state index contributed by atoms with van der Waals surface area (Å²) in [5.41, 5.74) is 1.95. The van der Waals surface area contributed by atoms with Gasteiger partial charge in [-0.05, 0) is 31.4 Å². The average molecular weight is 372 g/mol. The summed E-state index contributed by atoms with van der Waals surface area (Å²) in [7, 11) is 0. The number of carbonyl (C=O) groups excluding carboxylic acids is 1. The van der Waals surface area contributed by atoms with E-state index < -0.39 is 0 Å². The van der Waals surface area contributed by atoms with E-state index in [-0.39, 0.29) is 17.6 Å². The molecule has 26 heavy (non-hydrogen) atoms. The van der Waals surface area contributed by atoms with Crippen LogP contribution in [0.2, 0.25) is 5.02 Å². The molecule has 1 amide bonds. The van der Waals surface area contributed by atoms with Crippen molar-refractivity contribution >= 4 is 17.5 Å². The van der Waals surface area contributed by atoms with Crippen LogP contribution in [0.3, 0.4) is 0 Å². The third-order valence-corrected chi connectivity index (χ3v) is 4.86. The third-order valence-electron chi connectivity index (χ3n) is 4.62. The van der Waals surface area contributed by atoms with Gasteiger partial charge in [0.2, 0.25) is 0 Å². The fourth-order valence-corrected chi connectivity index (χ4v) is 3.45. The molecule has 0 saturated carbocycles. The Bertz CT molecular complexity index is 934. The fourth-order valence-electron chi connectivity index (χ4n) is 3.26. The predicted molar refractivity (Wildman–Crippen MR) is 95.8 cm³/mol. The van der Waals surface area contributed by atoms with E-state index in [2.05, 4.69) is 10.3 Å². The molecule has 1 fully saturated rings. The first kappa shape index (κ1) is 16.8. The van der Waals surface area contributed by atoms with Gasteiger partial charge < -0.3 is 13.9 Å². The van der Waals surface area contributed by atoms with E-state index in [1.54, 1.807) is 23.1 Å². The lowest BCUT2D eigenvalue weighted by Crippen LogP contribution is -2.30. The molecule has 6 nitrogen and oxygen atoms in total. The van der Waals surface area contributed by atoms with Crippen molar-refractivity contribution in [3.8, 4) is 11.3 Å². The Balaban J connectivity index is 1.57. The van der Waals surface area contributed by atoms with E-state index in [0.717, 1.165) is 36.3 Å². The number of nitrogens with zero attached hydrogens (tertiary/aromatic N) is 3. The van der Waals surface area contributed by atoms with Gasteiger partial charge in [0.05, 0.1) is 11.7 Å².